The van der Waals surface area contributed by atoms with E-state index < -0.39 is 17.7 Å². The van der Waals surface area contributed by atoms with Crippen LogP contribution >= 0.6 is 11.3 Å². The van der Waals surface area contributed by atoms with Crippen LogP contribution in [-0.2, 0) is 11.3 Å². The number of hydrogen-bond acceptors (Lipinski definition) is 5. The van der Waals surface area contributed by atoms with Crippen molar-refractivity contribution >= 4 is 23.0 Å². The third kappa shape index (κ3) is 4.86. The van der Waals surface area contributed by atoms with E-state index in [9.17, 15) is 14.7 Å². The summed E-state index contributed by atoms with van der Waals surface area (Å²) >= 11 is 1.29. The third-order valence-corrected chi connectivity index (χ3v) is 6.22. The Hall–Kier alpha value is -3.38. The Bertz CT molecular complexity index is 1200. The summed E-state index contributed by atoms with van der Waals surface area (Å²) in [6, 6.07) is 18.1. The zero-order valence-electron chi connectivity index (χ0n) is 19.2. The van der Waals surface area contributed by atoms with Crippen molar-refractivity contribution in [2.75, 3.05) is 0 Å². The van der Waals surface area contributed by atoms with Gasteiger partial charge in [-0.2, -0.15) is 0 Å². The molecule has 4 rings (SSSR count). The smallest absolute Gasteiger partial charge is 0.290 e. The van der Waals surface area contributed by atoms with Crippen molar-refractivity contribution in [1.29, 1.82) is 0 Å². The van der Waals surface area contributed by atoms with Crippen molar-refractivity contribution in [3.05, 3.63) is 98.9 Å². The van der Waals surface area contributed by atoms with Gasteiger partial charge in [0.25, 0.3) is 5.91 Å². The lowest BCUT2D eigenvalue weighted by atomic mass is 9.94. The first kappa shape index (κ1) is 22.8. The molecule has 1 unspecified atom stereocenters. The highest BCUT2D eigenvalue weighted by Crippen LogP contribution is 2.40. The van der Waals surface area contributed by atoms with Gasteiger partial charge in [-0.05, 0) is 62.4 Å². The van der Waals surface area contributed by atoms with E-state index >= 15 is 0 Å². The first-order valence-corrected chi connectivity index (χ1v) is 11.7. The fraction of sp³-hybridized carbons (Fsp3) is 0.259. The van der Waals surface area contributed by atoms with Crippen molar-refractivity contribution in [3.8, 4) is 5.75 Å². The number of thiophene rings is 1. The second kappa shape index (κ2) is 8.87. The van der Waals surface area contributed by atoms with E-state index in [1.807, 2.05) is 81.6 Å². The number of benzene rings is 2. The van der Waals surface area contributed by atoms with E-state index in [2.05, 4.69) is 0 Å². The molecule has 1 amide bonds. The maximum Gasteiger partial charge on any atom is 0.290 e. The van der Waals surface area contributed by atoms with Crippen LogP contribution < -0.4 is 4.74 Å². The van der Waals surface area contributed by atoms with Gasteiger partial charge in [0.05, 0.1) is 16.5 Å². The molecule has 0 radical (unpaired) electrons. The largest absolute Gasteiger partial charge is 0.503 e. The minimum absolute atomic E-state index is 0.126. The molecule has 1 aliphatic heterocycles. The molecule has 2 aromatic carbocycles. The lowest BCUT2D eigenvalue weighted by molar-refractivity contribution is -0.130. The average molecular weight is 462 g/mol. The molecule has 1 aliphatic rings. The zero-order valence-corrected chi connectivity index (χ0v) is 20.0. The van der Waals surface area contributed by atoms with Crippen LogP contribution in [0.2, 0.25) is 0 Å². The molecular formula is C27H27NO4S. The van der Waals surface area contributed by atoms with Gasteiger partial charge < -0.3 is 14.7 Å². The predicted molar refractivity (Wildman–Crippen MR) is 130 cm³/mol. The van der Waals surface area contributed by atoms with E-state index in [1.54, 1.807) is 17.0 Å². The molecule has 33 heavy (non-hydrogen) atoms. The second-order valence-electron chi connectivity index (χ2n) is 9.18. The van der Waals surface area contributed by atoms with E-state index in [0.29, 0.717) is 4.88 Å². The second-order valence-corrected chi connectivity index (χ2v) is 10.1. The SMILES string of the molecule is Cc1cccc(C2C(C(=O)c3cccs3)=C(O)C(=O)N2Cc2ccc(OC(C)(C)C)cc2)c1. The molecule has 1 aromatic heterocycles. The average Bonchev–Trinajstić information content (AvgIpc) is 3.37. The van der Waals surface area contributed by atoms with Gasteiger partial charge in [-0.3, -0.25) is 9.59 Å². The highest BCUT2D eigenvalue weighted by molar-refractivity contribution is 7.12. The van der Waals surface area contributed by atoms with Crippen molar-refractivity contribution in [2.24, 2.45) is 0 Å². The summed E-state index contributed by atoms with van der Waals surface area (Å²) in [4.78, 5) is 28.5. The van der Waals surface area contributed by atoms with Crippen molar-refractivity contribution in [1.82, 2.24) is 4.90 Å². The van der Waals surface area contributed by atoms with E-state index in [1.165, 1.54) is 11.3 Å². The summed E-state index contributed by atoms with van der Waals surface area (Å²) in [6.45, 7) is 8.16. The van der Waals surface area contributed by atoms with Gasteiger partial charge in [0.2, 0.25) is 5.78 Å². The maximum absolute atomic E-state index is 13.3. The van der Waals surface area contributed by atoms with Crippen molar-refractivity contribution < 1.29 is 19.4 Å². The van der Waals surface area contributed by atoms with Crippen LogP contribution in [0.15, 0.2) is 77.4 Å². The summed E-state index contributed by atoms with van der Waals surface area (Å²) in [5, 5.41) is 12.6. The Morgan fingerprint density at radius 2 is 1.82 bits per heavy atom. The van der Waals surface area contributed by atoms with Gasteiger partial charge in [0.1, 0.15) is 11.4 Å². The molecule has 1 atom stereocenters. The number of nitrogens with zero attached hydrogens (tertiary/aromatic N) is 1. The number of ketones is 1. The Morgan fingerprint density at radius 3 is 2.42 bits per heavy atom. The van der Waals surface area contributed by atoms with Crippen LogP contribution in [-0.4, -0.2) is 27.3 Å². The van der Waals surface area contributed by atoms with Crippen LogP contribution in [0.5, 0.6) is 5.75 Å². The lowest BCUT2D eigenvalue weighted by Crippen LogP contribution is -2.30. The fourth-order valence-corrected chi connectivity index (χ4v) is 4.67. The Labute approximate surface area is 197 Å². The summed E-state index contributed by atoms with van der Waals surface area (Å²) < 4.78 is 5.89. The third-order valence-electron chi connectivity index (χ3n) is 5.35. The van der Waals surface area contributed by atoms with Gasteiger partial charge in [-0.25, -0.2) is 0 Å². The molecule has 0 bridgehead atoms. The zero-order chi connectivity index (χ0) is 23.8. The molecular weight excluding hydrogens is 434 g/mol. The summed E-state index contributed by atoms with van der Waals surface area (Å²) in [6.07, 6.45) is 0. The topological polar surface area (TPSA) is 66.8 Å². The summed E-state index contributed by atoms with van der Waals surface area (Å²) in [5.41, 5.74) is 2.49. The van der Waals surface area contributed by atoms with Gasteiger partial charge in [-0.1, -0.05) is 48.0 Å². The number of aliphatic hydroxyl groups excluding tert-OH is 1. The number of rotatable bonds is 6. The molecule has 0 saturated heterocycles. The molecule has 0 saturated carbocycles. The standard InChI is InChI=1S/C27H27NO4S/c1-17-7-5-8-19(15-17)23-22(24(29)21-9-6-14-33-21)25(30)26(31)28(23)16-18-10-12-20(13-11-18)32-27(2,3)4/h5-15,23,30H,16H2,1-4H3. The maximum atomic E-state index is 13.3. The number of aryl methyl sites for hydroxylation is 1. The molecule has 0 spiro atoms. The Morgan fingerprint density at radius 1 is 1.09 bits per heavy atom. The summed E-state index contributed by atoms with van der Waals surface area (Å²) in [7, 11) is 0. The molecule has 3 aromatic rings. The number of aliphatic hydroxyl groups is 1. The minimum atomic E-state index is -0.669. The van der Waals surface area contributed by atoms with Crippen molar-refractivity contribution in [2.45, 2.75) is 45.9 Å². The highest BCUT2D eigenvalue weighted by Gasteiger charge is 2.44. The normalized spacial score (nSPS) is 16.4. The van der Waals surface area contributed by atoms with Crippen molar-refractivity contribution in [3.63, 3.8) is 0 Å². The molecule has 0 fully saturated rings. The number of hydrogen-bond donors (Lipinski definition) is 1. The van der Waals surface area contributed by atoms with Gasteiger partial charge in [-0.15, -0.1) is 11.3 Å². The van der Waals surface area contributed by atoms with Crippen LogP contribution in [0, 0.1) is 6.92 Å². The van der Waals surface area contributed by atoms with Gasteiger partial charge in [0.15, 0.2) is 5.76 Å². The first-order chi connectivity index (χ1) is 15.6. The van der Waals surface area contributed by atoms with Crippen LogP contribution in [0.25, 0.3) is 0 Å². The number of carbonyl (C=O) groups excluding carboxylic acids is 2. The minimum Gasteiger partial charge on any atom is -0.503 e. The number of Topliss-reactive ketones (excluding diaryl/α,β-unsaturated/α-hetero) is 1. The fourth-order valence-electron chi connectivity index (χ4n) is 3.99. The van der Waals surface area contributed by atoms with Gasteiger partial charge in [0, 0.05) is 6.54 Å². The lowest BCUT2D eigenvalue weighted by Gasteiger charge is -2.27. The van der Waals surface area contributed by atoms with Crippen LogP contribution in [0.1, 0.15) is 53.2 Å². The quantitative estimate of drug-likeness (QED) is 0.456. The highest BCUT2D eigenvalue weighted by atomic mass is 32.1. The van der Waals surface area contributed by atoms with E-state index in [4.69, 9.17) is 4.74 Å². The van der Waals surface area contributed by atoms with Crippen LogP contribution in [0.3, 0.4) is 0 Å². The molecule has 6 heteroatoms. The molecule has 5 nitrogen and oxygen atoms in total. The Balaban J connectivity index is 1.70. The monoisotopic (exact) mass is 461 g/mol. The predicted octanol–water partition coefficient (Wildman–Crippen LogP) is 6.01. The number of ether oxygens (including phenoxy) is 1. The first-order valence-electron chi connectivity index (χ1n) is 10.8. The molecule has 170 valence electrons. The number of carbonyl (C=O) groups is 2. The van der Waals surface area contributed by atoms with E-state index in [-0.39, 0.29) is 23.5 Å². The number of amides is 1. The van der Waals surface area contributed by atoms with Crippen LogP contribution in [0.4, 0.5) is 0 Å². The molecule has 2 heterocycles. The van der Waals surface area contributed by atoms with E-state index in [0.717, 1.165) is 22.4 Å². The van der Waals surface area contributed by atoms with Gasteiger partial charge >= 0.3 is 0 Å². The molecule has 0 aliphatic carbocycles. The summed E-state index contributed by atoms with van der Waals surface area (Å²) in [5.74, 6) is -0.605. The molecule has 1 N–H and O–H groups in total. The Kier molecular flexibility index (Phi) is 6.13.